The number of nitrogens with one attached hydrogen (secondary N) is 1. The fraction of sp³-hybridized carbons (Fsp3) is 0.600. The zero-order valence-corrected chi connectivity index (χ0v) is 8.53. The van der Waals surface area contributed by atoms with E-state index in [1.165, 1.54) is 12.3 Å². The van der Waals surface area contributed by atoms with Crippen molar-refractivity contribution < 1.29 is 0 Å². The third kappa shape index (κ3) is 2.13. The molecule has 0 unspecified atom stereocenters. The molecule has 2 rings (SSSR count). The first kappa shape index (κ1) is 9.24. The molecule has 1 aromatic rings. The minimum atomic E-state index is 0.941. The number of aromatic nitrogens is 2. The number of hydrogen-bond donors (Lipinski definition) is 1. The van der Waals surface area contributed by atoms with Gasteiger partial charge in [0.25, 0.3) is 0 Å². The lowest BCUT2D eigenvalue weighted by Crippen LogP contribution is -2.25. The molecule has 1 N–H and O–H groups in total. The number of aryl methyl sites for hydroxylation is 1. The molecule has 0 atom stereocenters. The van der Waals surface area contributed by atoms with Gasteiger partial charge >= 0.3 is 0 Å². The standard InChI is InChI=1S/C10H16N4/c1-9-11-5-7-14(9)8-6-13-10-3-2-4-12-10/h5,7H,2-4,6,8H2,1H3,(H,12,13). The van der Waals surface area contributed by atoms with Crippen LogP contribution in [0.15, 0.2) is 17.4 Å². The molecule has 0 amide bonds. The Morgan fingerprint density at radius 1 is 1.57 bits per heavy atom. The quantitative estimate of drug-likeness (QED) is 0.775. The van der Waals surface area contributed by atoms with Crippen molar-refractivity contribution in [2.24, 2.45) is 4.99 Å². The van der Waals surface area contributed by atoms with E-state index in [-0.39, 0.29) is 0 Å². The van der Waals surface area contributed by atoms with Crippen LogP contribution in [-0.4, -0.2) is 28.5 Å². The molecule has 0 aliphatic carbocycles. The summed E-state index contributed by atoms with van der Waals surface area (Å²) in [5.41, 5.74) is 0. The lowest BCUT2D eigenvalue weighted by molar-refractivity contribution is 0.652. The molecule has 1 aliphatic heterocycles. The Labute approximate surface area is 84.1 Å². The highest BCUT2D eigenvalue weighted by Gasteiger charge is 2.04. The Balaban J connectivity index is 1.75. The second-order valence-corrected chi connectivity index (χ2v) is 3.53. The zero-order valence-electron chi connectivity index (χ0n) is 8.53. The molecule has 0 saturated carbocycles. The van der Waals surface area contributed by atoms with Gasteiger partial charge in [-0.2, -0.15) is 0 Å². The molecule has 1 aliphatic rings. The maximum atomic E-state index is 4.36. The van der Waals surface area contributed by atoms with Gasteiger partial charge in [-0.3, -0.25) is 4.99 Å². The van der Waals surface area contributed by atoms with Gasteiger partial charge in [-0.1, -0.05) is 0 Å². The highest BCUT2D eigenvalue weighted by molar-refractivity contribution is 5.83. The van der Waals surface area contributed by atoms with Crippen LogP contribution in [0.1, 0.15) is 18.7 Å². The molecular formula is C10H16N4. The van der Waals surface area contributed by atoms with Crippen LogP contribution in [0.2, 0.25) is 0 Å². The summed E-state index contributed by atoms with van der Waals surface area (Å²) in [7, 11) is 0. The first-order chi connectivity index (χ1) is 6.86. The molecule has 1 aromatic heterocycles. The van der Waals surface area contributed by atoms with Crippen LogP contribution < -0.4 is 5.32 Å². The second-order valence-electron chi connectivity index (χ2n) is 3.53. The minimum Gasteiger partial charge on any atom is -0.372 e. The molecular weight excluding hydrogens is 176 g/mol. The van der Waals surface area contributed by atoms with Crippen molar-refractivity contribution >= 4 is 5.84 Å². The molecule has 0 spiro atoms. The molecule has 0 radical (unpaired) electrons. The zero-order chi connectivity index (χ0) is 9.80. The predicted octanol–water partition coefficient (Wildman–Crippen LogP) is 0.973. The minimum absolute atomic E-state index is 0.941. The molecule has 4 nitrogen and oxygen atoms in total. The van der Waals surface area contributed by atoms with Crippen LogP contribution >= 0.6 is 0 Å². The van der Waals surface area contributed by atoms with Crippen LogP contribution in [-0.2, 0) is 6.54 Å². The summed E-state index contributed by atoms with van der Waals surface area (Å²) in [4.78, 5) is 8.53. The summed E-state index contributed by atoms with van der Waals surface area (Å²) in [6, 6.07) is 0. The average Bonchev–Trinajstić information content (AvgIpc) is 2.78. The van der Waals surface area contributed by atoms with E-state index in [4.69, 9.17) is 0 Å². The Hall–Kier alpha value is -1.32. The lowest BCUT2D eigenvalue weighted by Gasteiger charge is -2.07. The molecule has 0 aromatic carbocycles. The molecule has 14 heavy (non-hydrogen) atoms. The van der Waals surface area contributed by atoms with Crippen LogP contribution in [0.3, 0.4) is 0 Å². The smallest absolute Gasteiger partial charge is 0.105 e. The van der Waals surface area contributed by atoms with Gasteiger partial charge < -0.3 is 9.88 Å². The highest BCUT2D eigenvalue weighted by Crippen LogP contribution is 2.01. The molecule has 2 heterocycles. The summed E-state index contributed by atoms with van der Waals surface area (Å²) < 4.78 is 2.14. The van der Waals surface area contributed by atoms with Crippen molar-refractivity contribution in [2.45, 2.75) is 26.3 Å². The summed E-state index contributed by atoms with van der Waals surface area (Å²) >= 11 is 0. The van der Waals surface area contributed by atoms with Crippen LogP contribution in [0, 0.1) is 6.92 Å². The monoisotopic (exact) mass is 192 g/mol. The van der Waals surface area contributed by atoms with E-state index in [0.717, 1.165) is 31.9 Å². The Kier molecular flexibility index (Phi) is 2.81. The SMILES string of the molecule is Cc1nccn1CCNC1=NCCC1. The first-order valence-corrected chi connectivity index (χ1v) is 5.11. The lowest BCUT2D eigenvalue weighted by atomic mass is 10.3. The van der Waals surface area contributed by atoms with Gasteiger partial charge in [-0.15, -0.1) is 0 Å². The van der Waals surface area contributed by atoms with Crippen molar-refractivity contribution in [2.75, 3.05) is 13.1 Å². The number of nitrogens with zero attached hydrogens (tertiary/aromatic N) is 3. The summed E-state index contributed by atoms with van der Waals surface area (Å²) in [6.45, 7) is 4.92. The maximum Gasteiger partial charge on any atom is 0.105 e. The maximum absolute atomic E-state index is 4.36. The molecule has 4 heteroatoms. The fourth-order valence-electron chi connectivity index (χ4n) is 1.64. The van der Waals surface area contributed by atoms with Crippen molar-refractivity contribution in [3.05, 3.63) is 18.2 Å². The summed E-state index contributed by atoms with van der Waals surface area (Å²) in [6.07, 6.45) is 6.16. The van der Waals surface area contributed by atoms with Crippen molar-refractivity contribution in [1.29, 1.82) is 0 Å². The van der Waals surface area contributed by atoms with Gasteiger partial charge in [-0.25, -0.2) is 4.98 Å². The van der Waals surface area contributed by atoms with Gasteiger partial charge in [-0.05, 0) is 13.3 Å². The van der Waals surface area contributed by atoms with Crippen LogP contribution in [0.25, 0.3) is 0 Å². The Morgan fingerprint density at radius 3 is 3.14 bits per heavy atom. The van der Waals surface area contributed by atoms with Crippen molar-refractivity contribution in [3.8, 4) is 0 Å². The second kappa shape index (κ2) is 4.26. The van der Waals surface area contributed by atoms with E-state index in [1.54, 1.807) is 0 Å². The average molecular weight is 192 g/mol. The molecule has 0 fully saturated rings. The van der Waals surface area contributed by atoms with Gasteiger partial charge in [0.15, 0.2) is 0 Å². The number of amidine groups is 1. The Morgan fingerprint density at radius 2 is 2.50 bits per heavy atom. The number of imidazole rings is 1. The van der Waals surface area contributed by atoms with Crippen LogP contribution in [0.4, 0.5) is 0 Å². The van der Waals surface area contributed by atoms with Gasteiger partial charge in [0.1, 0.15) is 5.82 Å². The largest absolute Gasteiger partial charge is 0.372 e. The third-order valence-electron chi connectivity index (χ3n) is 2.48. The Bertz CT molecular complexity index is 327. The summed E-state index contributed by atoms with van der Waals surface area (Å²) in [5, 5.41) is 3.35. The van der Waals surface area contributed by atoms with E-state index in [2.05, 4.69) is 19.9 Å². The van der Waals surface area contributed by atoms with E-state index in [9.17, 15) is 0 Å². The number of hydrogen-bond acceptors (Lipinski definition) is 3. The van der Waals surface area contributed by atoms with Crippen LogP contribution in [0.5, 0.6) is 0 Å². The third-order valence-corrected chi connectivity index (χ3v) is 2.48. The molecule has 76 valence electrons. The molecule has 0 saturated heterocycles. The highest BCUT2D eigenvalue weighted by atomic mass is 15.1. The topological polar surface area (TPSA) is 42.2 Å². The van der Waals surface area contributed by atoms with E-state index >= 15 is 0 Å². The molecule has 0 bridgehead atoms. The van der Waals surface area contributed by atoms with Crippen molar-refractivity contribution in [1.82, 2.24) is 14.9 Å². The van der Waals surface area contributed by atoms with Gasteiger partial charge in [0, 0.05) is 38.4 Å². The van der Waals surface area contributed by atoms with E-state index < -0.39 is 0 Å². The fourth-order valence-corrected chi connectivity index (χ4v) is 1.64. The normalized spacial score (nSPS) is 15.6. The van der Waals surface area contributed by atoms with Crippen molar-refractivity contribution in [3.63, 3.8) is 0 Å². The van der Waals surface area contributed by atoms with E-state index in [0.29, 0.717) is 0 Å². The van der Waals surface area contributed by atoms with Gasteiger partial charge in [0.2, 0.25) is 0 Å². The van der Waals surface area contributed by atoms with E-state index in [1.807, 2.05) is 19.3 Å². The number of rotatable bonds is 3. The number of aliphatic imine (C=N–C) groups is 1. The van der Waals surface area contributed by atoms with Gasteiger partial charge in [0.05, 0.1) is 5.84 Å². The first-order valence-electron chi connectivity index (χ1n) is 5.11. The predicted molar refractivity (Wildman–Crippen MR) is 56.5 cm³/mol. The summed E-state index contributed by atoms with van der Waals surface area (Å²) in [5.74, 6) is 2.24.